The van der Waals surface area contributed by atoms with E-state index in [9.17, 15) is 0 Å². The molecule has 1 aromatic heterocycles. The number of methoxy groups -OCH3 is 1. The second-order valence-electron chi connectivity index (χ2n) is 6.77. The number of hydrogen-bond donors (Lipinski definition) is 1. The van der Waals surface area contributed by atoms with Gasteiger partial charge in [-0.25, -0.2) is 9.97 Å². The molecular weight excluding hydrogens is 336 g/mol. The van der Waals surface area contributed by atoms with E-state index in [1.807, 2.05) is 51.4 Å². The average molecular weight is 362 g/mol. The molecule has 0 saturated carbocycles. The Balaban J connectivity index is 1.88. The van der Waals surface area contributed by atoms with Crippen LogP contribution in [0.5, 0.6) is 5.75 Å². The Labute approximate surface area is 161 Å². The van der Waals surface area contributed by atoms with Gasteiger partial charge in [-0.05, 0) is 43.7 Å². The number of nitrogens with one attached hydrogen (secondary N) is 1. The molecule has 3 rings (SSSR count). The Morgan fingerprint density at radius 1 is 1.00 bits per heavy atom. The third kappa shape index (κ3) is 4.56. The third-order valence-electron chi connectivity index (χ3n) is 4.45. The van der Waals surface area contributed by atoms with E-state index in [4.69, 9.17) is 4.74 Å². The van der Waals surface area contributed by atoms with Crippen LogP contribution in [0, 0.1) is 6.92 Å². The number of anilines is 2. The fraction of sp³-hybridized carbons (Fsp3) is 0.273. The molecule has 3 aromatic rings. The smallest absolute Gasteiger partial charge is 0.130 e. The quantitative estimate of drug-likeness (QED) is 0.689. The Morgan fingerprint density at radius 2 is 1.78 bits per heavy atom. The van der Waals surface area contributed by atoms with Crippen LogP contribution in [0.3, 0.4) is 0 Å². The molecule has 0 bridgehead atoms. The maximum atomic E-state index is 5.32. The highest BCUT2D eigenvalue weighted by Crippen LogP contribution is 2.26. The van der Waals surface area contributed by atoms with Gasteiger partial charge in [0.15, 0.2) is 0 Å². The van der Waals surface area contributed by atoms with Gasteiger partial charge in [0.05, 0.1) is 18.8 Å². The zero-order chi connectivity index (χ0) is 19.4. The molecule has 2 aromatic carbocycles. The van der Waals surface area contributed by atoms with Crippen LogP contribution in [-0.4, -0.2) is 31.2 Å². The highest BCUT2D eigenvalue weighted by molar-refractivity contribution is 5.67. The van der Waals surface area contributed by atoms with Crippen LogP contribution in [0.2, 0.25) is 0 Å². The molecule has 0 saturated heterocycles. The van der Waals surface area contributed by atoms with Gasteiger partial charge in [0.1, 0.15) is 17.4 Å². The molecule has 140 valence electrons. The van der Waals surface area contributed by atoms with Crippen molar-refractivity contribution in [2.24, 2.45) is 0 Å². The van der Waals surface area contributed by atoms with E-state index in [2.05, 4.69) is 51.4 Å². The van der Waals surface area contributed by atoms with Crippen LogP contribution < -0.4 is 15.0 Å². The summed E-state index contributed by atoms with van der Waals surface area (Å²) in [5.74, 6) is 2.40. The van der Waals surface area contributed by atoms with Crippen LogP contribution in [0.15, 0.2) is 54.6 Å². The maximum absolute atomic E-state index is 5.32. The highest BCUT2D eigenvalue weighted by atomic mass is 16.5. The van der Waals surface area contributed by atoms with E-state index in [1.54, 1.807) is 7.11 Å². The largest absolute Gasteiger partial charge is 0.497 e. The monoisotopic (exact) mass is 362 g/mol. The molecule has 1 atom stereocenters. The van der Waals surface area contributed by atoms with Crippen molar-refractivity contribution in [3.8, 4) is 17.0 Å². The van der Waals surface area contributed by atoms with E-state index < -0.39 is 0 Å². The molecule has 5 heteroatoms. The fourth-order valence-corrected chi connectivity index (χ4v) is 2.95. The van der Waals surface area contributed by atoms with Crippen molar-refractivity contribution in [3.05, 3.63) is 66.0 Å². The van der Waals surface area contributed by atoms with Gasteiger partial charge in [0.2, 0.25) is 0 Å². The normalized spacial score (nSPS) is 11.7. The van der Waals surface area contributed by atoms with Crippen molar-refractivity contribution in [1.29, 1.82) is 0 Å². The first kappa shape index (κ1) is 18.7. The number of hydrogen-bond acceptors (Lipinski definition) is 5. The molecule has 5 nitrogen and oxygen atoms in total. The van der Waals surface area contributed by atoms with Gasteiger partial charge < -0.3 is 15.0 Å². The first-order chi connectivity index (χ1) is 13.0. The van der Waals surface area contributed by atoms with Crippen LogP contribution in [0.1, 0.15) is 24.4 Å². The van der Waals surface area contributed by atoms with Gasteiger partial charge in [-0.2, -0.15) is 0 Å². The zero-order valence-electron chi connectivity index (χ0n) is 16.5. The second-order valence-corrected chi connectivity index (χ2v) is 6.77. The van der Waals surface area contributed by atoms with Crippen molar-refractivity contribution < 1.29 is 4.74 Å². The Morgan fingerprint density at radius 3 is 2.52 bits per heavy atom. The molecular formula is C22H26N4O. The summed E-state index contributed by atoms with van der Waals surface area (Å²) in [6.45, 7) is 4.03. The lowest BCUT2D eigenvalue weighted by Gasteiger charge is -2.17. The van der Waals surface area contributed by atoms with Crippen molar-refractivity contribution >= 4 is 11.5 Å². The number of aromatic nitrogens is 2. The molecule has 0 unspecified atom stereocenters. The first-order valence-electron chi connectivity index (χ1n) is 9.00. The fourth-order valence-electron chi connectivity index (χ4n) is 2.95. The summed E-state index contributed by atoms with van der Waals surface area (Å²) < 4.78 is 5.32. The van der Waals surface area contributed by atoms with Crippen LogP contribution in [0.4, 0.5) is 11.5 Å². The van der Waals surface area contributed by atoms with Crippen LogP contribution in [-0.2, 0) is 0 Å². The lowest BCUT2D eigenvalue weighted by Crippen LogP contribution is -2.10. The number of aryl methyl sites for hydroxylation is 1. The lowest BCUT2D eigenvalue weighted by molar-refractivity contribution is 0.414. The molecule has 1 heterocycles. The minimum absolute atomic E-state index is 0.0929. The summed E-state index contributed by atoms with van der Waals surface area (Å²) in [4.78, 5) is 11.3. The van der Waals surface area contributed by atoms with Crippen molar-refractivity contribution in [1.82, 2.24) is 9.97 Å². The molecule has 0 fully saturated rings. The second kappa shape index (κ2) is 8.08. The van der Waals surface area contributed by atoms with Crippen LogP contribution >= 0.6 is 0 Å². The molecule has 0 radical (unpaired) electrons. The minimum atomic E-state index is 0.0929. The SMILES string of the molecule is COc1cccc([C@H](C)Nc2cc(-c3cccc(N(C)C)c3)nc(C)n2)c1. The molecule has 0 spiro atoms. The minimum Gasteiger partial charge on any atom is -0.497 e. The number of ether oxygens (including phenoxy) is 1. The number of rotatable bonds is 6. The predicted octanol–water partition coefficient (Wildman–Crippen LogP) is 4.70. The standard InChI is InChI=1S/C22H26N4O/c1-15(17-8-7-11-20(13-17)27-5)23-22-14-21(24-16(2)25-22)18-9-6-10-19(12-18)26(3)4/h6-15H,1-5H3,(H,23,24,25)/t15-/m0/s1. The summed E-state index contributed by atoms with van der Waals surface area (Å²) in [6, 6.07) is 18.5. The molecule has 27 heavy (non-hydrogen) atoms. The van der Waals surface area contributed by atoms with Crippen molar-refractivity contribution in [2.75, 3.05) is 31.4 Å². The molecule has 0 amide bonds. The molecule has 1 N–H and O–H groups in total. The van der Waals surface area contributed by atoms with Crippen molar-refractivity contribution in [3.63, 3.8) is 0 Å². The summed E-state index contributed by atoms with van der Waals surface area (Å²) in [5, 5.41) is 3.48. The van der Waals surface area contributed by atoms with E-state index in [-0.39, 0.29) is 6.04 Å². The average Bonchev–Trinajstić information content (AvgIpc) is 2.67. The zero-order valence-corrected chi connectivity index (χ0v) is 16.5. The van der Waals surface area contributed by atoms with E-state index >= 15 is 0 Å². The topological polar surface area (TPSA) is 50.3 Å². The van der Waals surface area contributed by atoms with Gasteiger partial charge in [0.25, 0.3) is 0 Å². The van der Waals surface area contributed by atoms with Gasteiger partial charge in [-0.3, -0.25) is 0 Å². The lowest BCUT2D eigenvalue weighted by atomic mass is 10.1. The Kier molecular flexibility index (Phi) is 5.60. The summed E-state index contributed by atoms with van der Waals surface area (Å²) >= 11 is 0. The predicted molar refractivity (Wildman–Crippen MR) is 112 cm³/mol. The summed E-state index contributed by atoms with van der Waals surface area (Å²) in [7, 11) is 5.75. The Bertz CT molecular complexity index is 924. The van der Waals surface area contributed by atoms with Gasteiger partial charge in [0, 0.05) is 31.4 Å². The molecule has 0 aliphatic heterocycles. The van der Waals surface area contributed by atoms with Crippen LogP contribution in [0.25, 0.3) is 11.3 Å². The Hall–Kier alpha value is -3.08. The third-order valence-corrected chi connectivity index (χ3v) is 4.45. The van der Waals surface area contributed by atoms with E-state index in [0.29, 0.717) is 0 Å². The maximum Gasteiger partial charge on any atom is 0.130 e. The van der Waals surface area contributed by atoms with Gasteiger partial charge in [-0.1, -0.05) is 24.3 Å². The highest BCUT2D eigenvalue weighted by Gasteiger charge is 2.10. The molecule has 0 aliphatic carbocycles. The molecule has 0 aliphatic rings. The van der Waals surface area contributed by atoms with E-state index in [1.165, 1.54) is 0 Å². The van der Waals surface area contributed by atoms with E-state index in [0.717, 1.165) is 39.9 Å². The summed E-state index contributed by atoms with van der Waals surface area (Å²) in [6.07, 6.45) is 0. The number of benzene rings is 2. The number of nitrogens with zero attached hydrogens (tertiary/aromatic N) is 3. The van der Waals surface area contributed by atoms with Gasteiger partial charge >= 0.3 is 0 Å². The first-order valence-corrected chi connectivity index (χ1v) is 9.00. The van der Waals surface area contributed by atoms with Crippen molar-refractivity contribution in [2.45, 2.75) is 19.9 Å². The van der Waals surface area contributed by atoms with Gasteiger partial charge in [-0.15, -0.1) is 0 Å². The summed E-state index contributed by atoms with van der Waals surface area (Å²) in [5.41, 5.74) is 4.26.